The number of amides is 1. The summed E-state index contributed by atoms with van der Waals surface area (Å²) < 4.78 is 12.6. The third-order valence-corrected chi connectivity index (χ3v) is 7.26. The molecule has 0 spiro atoms. The van der Waals surface area contributed by atoms with Crippen LogP contribution in [0.15, 0.2) is 110 Å². The van der Waals surface area contributed by atoms with Crippen molar-refractivity contribution in [1.82, 2.24) is 14.8 Å². The summed E-state index contributed by atoms with van der Waals surface area (Å²) in [7, 11) is 1.34. The number of rotatable bonds is 7. The van der Waals surface area contributed by atoms with E-state index in [0.29, 0.717) is 30.0 Å². The lowest BCUT2D eigenvalue weighted by molar-refractivity contribution is 0.0601. The van der Waals surface area contributed by atoms with E-state index in [1.165, 1.54) is 7.11 Å². The van der Waals surface area contributed by atoms with Gasteiger partial charge in [0, 0.05) is 11.8 Å². The number of benzene rings is 3. The van der Waals surface area contributed by atoms with Crippen LogP contribution in [0.5, 0.6) is 0 Å². The van der Waals surface area contributed by atoms with Gasteiger partial charge < -0.3 is 14.8 Å². The van der Waals surface area contributed by atoms with Gasteiger partial charge in [-0.15, -0.1) is 0 Å². The molecule has 0 bridgehead atoms. The van der Waals surface area contributed by atoms with E-state index in [2.05, 4.69) is 10.3 Å². The van der Waals surface area contributed by atoms with E-state index in [1.807, 2.05) is 89.6 Å². The number of hydrogen-bond acceptors (Lipinski definition) is 7. The Balaban J connectivity index is 1.37. The van der Waals surface area contributed by atoms with Gasteiger partial charge in [-0.3, -0.25) is 9.88 Å². The van der Waals surface area contributed by atoms with Crippen molar-refractivity contribution in [2.75, 3.05) is 23.9 Å². The first-order valence-corrected chi connectivity index (χ1v) is 13.6. The highest BCUT2D eigenvalue weighted by Crippen LogP contribution is 2.38. The second-order valence-electron chi connectivity index (χ2n) is 9.89. The van der Waals surface area contributed by atoms with Crippen LogP contribution in [0.3, 0.4) is 0 Å². The lowest BCUT2D eigenvalue weighted by Gasteiger charge is -2.34. The van der Waals surface area contributed by atoms with Gasteiger partial charge >= 0.3 is 12.1 Å². The van der Waals surface area contributed by atoms with E-state index >= 15 is 0 Å². The molecule has 1 aliphatic rings. The van der Waals surface area contributed by atoms with Crippen molar-refractivity contribution < 1.29 is 19.1 Å². The van der Waals surface area contributed by atoms with Crippen molar-refractivity contribution in [2.45, 2.75) is 19.1 Å². The number of anilines is 3. The summed E-state index contributed by atoms with van der Waals surface area (Å²) in [5.74, 6) is 0.187. The second-order valence-corrected chi connectivity index (χ2v) is 9.89. The van der Waals surface area contributed by atoms with Crippen molar-refractivity contribution in [1.29, 1.82) is 0 Å². The molecule has 1 aliphatic heterocycles. The van der Waals surface area contributed by atoms with Gasteiger partial charge in [0.2, 0.25) is 0 Å². The third kappa shape index (κ3) is 5.44. The average molecular weight is 560 g/mol. The van der Waals surface area contributed by atoms with Crippen molar-refractivity contribution in [3.8, 4) is 11.1 Å². The van der Waals surface area contributed by atoms with Gasteiger partial charge in [-0.1, -0.05) is 78.9 Å². The number of nitrogens with one attached hydrogen (secondary N) is 1. The summed E-state index contributed by atoms with van der Waals surface area (Å²) in [6, 6.07) is 28.7. The Bertz CT molecular complexity index is 1700. The van der Waals surface area contributed by atoms with Crippen LogP contribution in [0.1, 0.15) is 27.5 Å². The van der Waals surface area contributed by atoms with Crippen molar-refractivity contribution in [3.05, 3.63) is 126 Å². The lowest BCUT2D eigenvalue weighted by atomic mass is 9.98. The minimum absolute atomic E-state index is 0.174. The molecule has 1 amide bonds. The van der Waals surface area contributed by atoms with E-state index < -0.39 is 12.1 Å². The maximum Gasteiger partial charge on any atom is 0.414 e. The van der Waals surface area contributed by atoms with Crippen LogP contribution < -0.4 is 10.2 Å². The van der Waals surface area contributed by atoms with Crippen molar-refractivity contribution in [2.24, 2.45) is 0 Å². The van der Waals surface area contributed by atoms with Crippen LogP contribution in [0.2, 0.25) is 0 Å². The largest absolute Gasteiger partial charge is 0.465 e. The van der Waals surface area contributed by atoms with Crippen LogP contribution in [0, 0.1) is 0 Å². The minimum Gasteiger partial charge on any atom is -0.465 e. The summed E-state index contributed by atoms with van der Waals surface area (Å²) in [6.45, 7) is 0.513. The van der Waals surface area contributed by atoms with Crippen LogP contribution in [0.25, 0.3) is 11.1 Å². The summed E-state index contributed by atoms with van der Waals surface area (Å²) >= 11 is 0. The highest BCUT2D eigenvalue weighted by molar-refractivity contribution is 5.96. The maximum absolute atomic E-state index is 13.5. The van der Waals surface area contributed by atoms with Gasteiger partial charge in [0.05, 0.1) is 49.0 Å². The molecular formula is C33H29N5O4. The summed E-state index contributed by atoms with van der Waals surface area (Å²) in [4.78, 5) is 31.9. The van der Waals surface area contributed by atoms with Gasteiger partial charge in [-0.05, 0) is 35.2 Å². The number of nitrogens with zero attached hydrogens (tertiary/aromatic N) is 4. The number of pyridine rings is 1. The van der Waals surface area contributed by atoms with Gasteiger partial charge in [-0.2, -0.15) is 5.10 Å². The quantitative estimate of drug-likeness (QED) is 0.230. The zero-order valence-electron chi connectivity index (χ0n) is 23.0. The second kappa shape index (κ2) is 12.0. The number of aromatic nitrogens is 3. The van der Waals surface area contributed by atoms with Crippen LogP contribution in [0.4, 0.5) is 22.0 Å². The van der Waals surface area contributed by atoms with Gasteiger partial charge in [-0.25, -0.2) is 14.3 Å². The fraction of sp³-hybridized carbons (Fsp3) is 0.152. The molecular weight excluding hydrogens is 530 g/mol. The smallest absolute Gasteiger partial charge is 0.414 e. The van der Waals surface area contributed by atoms with Crippen LogP contribution in [-0.4, -0.2) is 40.5 Å². The molecule has 2 aromatic heterocycles. The topological polar surface area (TPSA) is 98.6 Å². The minimum atomic E-state index is -0.480. The molecule has 5 aromatic rings. The average Bonchev–Trinajstić information content (AvgIpc) is 3.47. The molecule has 3 aromatic carbocycles. The monoisotopic (exact) mass is 559 g/mol. The Morgan fingerprint density at radius 2 is 1.67 bits per heavy atom. The third-order valence-electron chi connectivity index (χ3n) is 7.26. The van der Waals surface area contributed by atoms with Gasteiger partial charge in [0.15, 0.2) is 0 Å². The fourth-order valence-corrected chi connectivity index (χ4v) is 5.21. The number of hydrogen-bond donors (Lipinski definition) is 1. The molecule has 9 nitrogen and oxygen atoms in total. The molecule has 0 radical (unpaired) electrons. The van der Waals surface area contributed by atoms with E-state index in [9.17, 15) is 9.59 Å². The van der Waals surface area contributed by atoms with Crippen LogP contribution in [-0.2, 0) is 22.5 Å². The maximum atomic E-state index is 13.5. The van der Waals surface area contributed by atoms with Crippen molar-refractivity contribution in [3.63, 3.8) is 0 Å². The van der Waals surface area contributed by atoms with E-state index in [-0.39, 0.29) is 12.6 Å². The normalized spacial score (nSPS) is 14.1. The van der Waals surface area contributed by atoms with E-state index in [4.69, 9.17) is 14.6 Å². The highest BCUT2D eigenvalue weighted by atomic mass is 16.6. The number of carbonyl (C=O) groups excluding carboxylic acids is 2. The molecule has 1 atom stereocenters. The molecule has 0 aliphatic carbocycles. The molecule has 0 unspecified atom stereocenters. The first-order chi connectivity index (χ1) is 20.6. The van der Waals surface area contributed by atoms with Gasteiger partial charge in [0.1, 0.15) is 12.4 Å². The Labute approximate surface area is 243 Å². The van der Waals surface area contributed by atoms with Gasteiger partial charge in [0.25, 0.3) is 0 Å². The lowest BCUT2D eigenvalue weighted by Crippen LogP contribution is -2.41. The molecule has 6 rings (SSSR count). The SMILES string of the molecule is COC(=O)c1ccncc1Nc1c(-c2ccccc2)cnn1[C@@H]1Cc2ccccc2N(C(=O)OCc2ccccc2)C1. The Kier molecular flexibility index (Phi) is 7.63. The molecule has 0 saturated heterocycles. The predicted molar refractivity (Wildman–Crippen MR) is 160 cm³/mol. The van der Waals surface area contributed by atoms with Crippen molar-refractivity contribution >= 4 is 29.3 Å². The standard InChI is InChI=1S/C33H29N5O4/c1-41-32(39)27-16-17-34-20-29(27)36-31-28(24-12-6-3-7-13-24)19-35-38(31)26-18-25-14-8-9-15-30(25)37(21-26)33(40)42-22-23-10-4-2-5-11-23/h2-17,19-20,26,36H,18,21-22H2,1H3/t26-/m1/s1. The Morgan fingerprint density at radius 1 is 0.929 bits per heavy atom. The first-order valence-electron chi connectivity index (χ1n) is 13.6. The number of para-hydroxylation sites is 1. The Hall–Kier alpha value is -5.44. The zero-order valence-corrected chi connectivity index (χ0v) is 23.0. The molecule has 3 heterocycles. The number of carbonyl (C=O) groups is 2. The number of ether oxygens (including phenoxy) is 2. The number of methoxy groups -OCH3 is 1. The van der Waals surface area contributed by atoms with Crippen LogP contribution >= 0.6 is 0 Å². The predicted octanol–water partition coefficient (Wildman–Crippen LogP) is 6.42. The summed E-state index contributed by atoms with van der Waals surface area (Å²) in [5, 5.41) is 8.22. The summed E-state index contributed by atoms with van der Waals surface area (Å²) in [6.07, 6.45) is 5.14. The van der Waals surface area contributed by atoms with E-state index in [1.54, 1.807) is 29.6 Å². The molecule has 0 saturated carbocycles. The number of esters is 1. The molecule has 9 heteroatoms. The molecule has 1 N–H and O–H groups in total. The summed E-state index contributed by atoms with van der Waals surface area (Å²) in [5.41, 5.74) is 5.36. The first kappa shape index (κ1) is 26.8. The molecule has 0 fully saturated rings. The number of fused-ring (bicyclic) bond motifs is 1. The van der Waals surface area contributed by atoms with E-state index in [0.717, 1.165) is 27.9 Å². The highest BCUT2D eigenvalue weighted by Gasteiger charge is 2.33. The fourth-order valence-electron chi connectivity index (χ4n) is 5.21. The molecule has 210 valence electrons. The zero-order chi connectivity index (χ0) is 28.9. The molecule has 42 heavy (non-hydrogen) atoms. The Morgan fingerprint density at radius 3 is 2.45 bits per heavy atom.